The molecular formula is C11H10F2INO. The van der Waals surface area contributed by atoms with E-state index < -0.39 is 17.9 Å². The van der Waals surface area contributed by atoms with E-state index in [9.17, 15) is 13.6 Å². The van der Waals surface area contributed by atoms with Crippen LogP contribution in [0.5, 0.6) is 0 Å². The Kier molecular flexibility index (Phi) is 3.41. The summed E-state index contributed by atoms with van der Waals surface area (Å²) in [6.07, 6.45) is -0.633. The van der Waals surface area contributed by atoms with Crippen molar-refractivity contribution < 1.29 is 13.6 Å². The maximum atomic E-state index is 13.4. The fourth-order valence-electron chi connectivity index (χ4n) is 1.73. The zero-order valence-electron chi connectivity index (χ0n) is 8.42. The molecule has 1 unspecified atom stereocenters. The predicted molar refractivity (Wildman–Crippen MR) is 64.5 cm³/mol. The second-order valence-corrected chi connectivity index (χ2v) is 5.01. The molecule has 86 valence electrons. The summed E-state index contributed by atoms with van der Waals surface area (Å²) in [6.45, 7) is 0.439. The molecule has 0 N–H and O–H groups in total. The minimum Gasteiger partial charge on any atom is -0.336 e. The van der Waals surface area contributed by atoms with E-state index in [0.29, 0.717) is 13.0 Å². The highest BCUT2D eigenvalue weighted by Gasteiger charge is 2.28. The summed E-state index contributed by atoms with van der Waals surface area (Å²) in [4.78, 5) is 13.2. The van der Waals surface area contributed by atoms with Crippen molar-refractivity contribution in [1.82, 2.24) is 4.90 Å². The number of amides is 1. The van der Waals surface area contributed by atoms with Crippen LogP contribution in [-0.4, -0.2) is 30.1 Å². The smallest absolute Gasteiger partial charge is 0.256 e. The molecule has 1 atom stereocenters. The van der Waals surface area contributed by atoms with Crippen LogP contribution < -0.4 is 0 Å². The zero-order valence-corrected chi connectivity index (χ0v) is 10.6. The van der Waals surface area contributed by atoms with Crippen LogP contribution in [0.4, 0.5) is 8.78 Å². The second kappa shape index (κ2) is 4.65. The van der Waals surface area contributed by atoms with Crippen LogP contribution in [0.2, 0.25) is 0 Å². The van der Waals surface area contributed by atoms with Crippen LogP contribution in [0.15, 0.2) is 18.2 Å². The van der Waals surface area contributed by atoms with E-state index in [1.165, 1.54) is 17.0 Å². The molecule has 0 aromatic heterocycles. The molecule has 0 bridgehead atoms. The highest BCUT2D eigenvalue weighted by molar-refractivity contribution is 14.1. The lowest BCUT2D eigenvalue weighted by atomic mass is 10.2. The number of benzene rings is 1. The molecule has 1 aliphatic rings. The highest BCUT2D eigenvalue weighted by atomic mass is 127. The SMILES string of the molecule is O=C(c1cc(I)ccc1F)N1CCC(F)C1. The van der Waals surface area contributed by atoms with Crippen molar-refractivity contribution in [3.63, 3.8) is 0 Å². The molecular weight excluding hydrogens is 327 g/mol. The molecule has 5 heteroatoms. The largest absolute Gasteiger partial charge is 0.336 e. The zero-order chi connectivity index (χ0) is 11.7. The monoisotopic (exact) mass is 337 g/mol. The Balaban J connectivity index is 2.23. The topological polar surface area (TPSA) is 20.3 Å². The Hall–Kier alpha value is -0.720. The van der Waals surface area contributed by atoms with E-state index in [1.807, 2.05) is 22.6 Å². The highest BCUT2D eigenvalue weighted by Crippen LogP contribution is 2.19. The maximum Gasteiger partial charge on any atom is 0.256 e. The summed E-state index contributed by atoms with van der Waals surface area (Å²) in [5.74, 6) is -0.969. The van der Waals surface area contributed by atoms with Gasteiger partial charge in [0.2, 0.25) is 0 Å². The van der Waals surface area contributed by atoms with Gasteiger partial charge in [0.25, 0.3) is 5.91 Å². The molecule has 0 saturated carbocycles. The fraction of sp³-hybridized carbons (Fsp3) is 0.364. The normalized spacial score (nSPS) is 20.2. The Morgan fingerprint density at radius 1 is 1.50 bits per heavy atom. The number of hydrogen-bond acceptors (Lipinski definition) is 1. The van der Waals surface area contributed by atoms with Gasteiger partial charge in [0.05, 0.1) is 12.1 Å². The summed E-state index contributed by atoms with van der Waals surface area (Å²) in [5.41, 5.74) is 0.0287. The minimum atomic E-state index is -0.977. The Morgan fingerprint density at radius 3 is 2.88 bits per heavy atom. The maximum absolute atomic E-state index is 13.4. The lowest BCUT2D eigenvalue weighted by molar-refractivity contribution is 0.0778. The lowest BCUT2D eigenvalue weighted by Gasteiger charge is -2.15. The number of rotatable bonds is 1. The quantitative estimate of drug-likeness (QED) is 0.722. The molecule has 0 radical (unpaired) electrons. The molecule has 1 heterocycles. The van der Waals surface area contributed by atoms with Gasteiger partial charge in [-0.25, -0.2) is 8.78 Å². The van der Waals surface area contributed by atoms with Crippen molar-refractivity contribution in [2.24, 2.45) is 0 Å². The first-order chi connectivity index (χ1) is 7.58. The van der Waals surface area contributed by atoms with Gasteiger partial charge in [0.15, 0.2) is 0 Å². The standard InChI is InChI=1S/C11H10F2INO/c12-7-3-4-15(6-7)11(16)9-5-8(14)1-2-10(9)13/h1-2,5,7H,3-4,6H2. The van der Waals surface area contributed by atoms with Crippen LogP contribution in [-0.2, 0) is 0 Å². The summed E-state index contributed by atoms with van der Waals surface area (Å²) < 4.78 is 27.2. The summed E-state index contributed by atoms with van der Waals surface area (Å²) in [7, 11) is 0. The average Bonchev–Trinajstić information content (AvgIpc) is 2.67. The first kappa shape index (κ1) is 11.8. The van der Waals surface area contributed by atoms with Gasteiger partial charge in [-0.3, -0.25) is 4.79 Å². The number of halogens is 3. The van der Waals surface area contributed by atoms with Gasteiger partial charge in [0.1, 0.15) is 12.0 Å². The third-order valence-electron chi connectivity index (χ3n) is 2.58. The molecule has 1 aromatic carbocycles. The first-order valence-electron chi connectivity index (χ1n) is 4.96. The number of alkyl halides is 1. The van der Waals surface area contributed by atoms with Crippen LogP contribution in [0.1, 0.15) is 16.8 Å². The van der Waals surface area contributed by atoms with Crippen molar-refractivity contribution in [2.45, 2.75) is 12.6 Å². The Morgan fingerprint density at radius 2 is 2.25 bits per heavy atom. The van der Waals surface area contributed by atoms with Crippen LogP contribution in [0.25, 0.3) is 0 Å². The van der Waals surface area contributed by atoms with Gasteiger partial charge in [-0.2, -0.15) is 0 Å². The van der Waals surface area contributed by atoms with Crippen LogP contribution in [0.3, 0.4) is 0 Å². The van der Waals surface area contributed by atoms with E-state index in [0.717, 1.165) is 3.57 Å². The molecule has 1 amide bonds. The van der Waals surface area contributed by atoms with E-state index >= 15 is 0 Å². The van der Waals surface area contributed by atoms with Crippen molar-refractivity contribution in [2.75, 3.05) is 13.1 Å². The van der Waals surface area contributed by atoms with Crippen LogP contribution >= 0.6 is 22.6 Å². The summed E-state index contributed by atoms with van der Waals surface area (Å²) in [6, 6.07) is 4.34. The Bertz CT molecular complexity index is 424. The first-order valence-corrected chi connectivity index (χ1v) is 6.04. The minimum absolute atomic E-state index is 0.0287. The van der Waals surface area contributed by atoms with Gasteiger partial charge < -0.3 is 4.90 Å². The van der Waals surface area contributed by atoms with Gasteiger partial charge in [-0.15, -0.1) is 0 Å². The van der Waals surface area contributed by atoms with E-state index in [1.54, 1.807) is 6.07 Å². The van der Waals surface area contributed by atoms with Gasteiger partial charge in [-0.1, -0.05) is 0 Å². The molecule has 2 rings (SSSR count). The molecule has 1 saturated heterocycles. The Labute approximate surface area is 106 Å². The van der Waals surface area contributed by atoms with E-state index in [-0.39, 0.29) is 12.1 Å². The third kappa shape index (κ3) is 2.34. The molecule has 1 fully saturated rings. The average molecular weight is 337 g/mol. The number of nitrogens with zero attached hydrogens (tertiary/aromatic N) is 1. The molecule has 0 aliphatic carbocycles. The number of hydrogen-bond donors (Lipinski definition) is 0. The summed E-state index contributed by atoms with van der Waals surface area (Å²) in [5, 5.41) is 0. The summed E-state index contributed by atoms with van der Waals surface area (Å²) >= 11 is 2.01. The van der Waals surface area contributed by atoms with Crippen LogP contribution in [0, 0.1) is 9.39 Å². The molecule has 0 spiro atoms. The molecule has 1 aliphatic heterocycles. The van der Waals surface area contributed by atoms with Crippen molar-refractivity contribution in [3.8, 4) is 0 Å². The fourth-order valence-corrected chi connectivity index (χ4v) is 2.23. The number of likely N-dealkylation sites (tertiary alicyclic amines) is 1. The van der Waals surface area contributed by atoms with Gasteiger partial charge in [0, 0.05) is 10.1 Å². The molecule has 1 aromatic rings. The molecule has 2 nitrogen and oxygen atoms in total. The molecule has 16 heavy (non-hydrogen) atoms. The third-order valence-corrected chi connectivity index (χ3v) is 3.25. The lowest BCUT2D eigenvalue weighted by Crippen LogP contribution is -2.29. The van der Waals surface area contributed by atoms with Crippen molar-refractivity contribution in [1.29, 1.82) is 0 Å². The second-order valence-electron chi connectivity index (χ2n) is 3.76. The van der Waals surface area contributed by atoms with Crippen molar-refractivity contribution in [3.05, 3.63) is 33.1 Å². The van der Waals surface area contributed by atoms with E-state index in [4.69, 9.17) is 0 Å². The predicted octanol–water partition coefficient (Wildman–Crippen LogP) is 2.61. The van der Waals surface area contributed by atoms with Crippen molar-refractivity contribution >= 4 is 28.5 Å². The van der Waals surface area contributed by atoms with Gasteiger partial charge >= 0.3 is 0 Å². The van der Waals surface area contributed by atoms with E-state index in [2.05, 4.69) is 0 Å². The van der Waals surface area contributed by atoms with Gasteiger partial charge in [-0.05, 0) is 47.2 Å². The number of carbonyl (C=O) groups excluding carboxylic acids is 1. The number of carbonyl (C=O) groups is 1.